The van der Waals surface area contributed by atoms with E-state index in [-0.39, 0.29) is 49.2 Å². The SMILES string of the molecule is C[C@]12C=CC(=O)C=C1CC[C@H]1[C@H]2[C@@H](O)C[C@@]2(C)[C@H]1CC[C@]2(O)C(=O)COC(=O)CCC(=O)O. The number of hydrogen-bond acceptors (Lipinski definition) is 7. The van der Waals surface area contributed by atoms with Crippen molar-refractivity contribution < 1.29 is 39.2 Å². The van der Waals surface area contributed by atoms with Crippen LogP contribution in [0.25, 0.3) is 0 Å². The maximum Gasteiger partial charge on any atom is 0.306 e. The molecule has 0 aromatic carbocycles. The van der Waals surface area contributed by atoms with Crippen LogP contribution in [0.1, 0.15) is 58.8 Å². The molecular formula is C25H32O8. The van der Waals surface area contributed by atoms with Crippen LogP contribution in [-0.4, -0.2) is 57.1 Å². The Bertz CT molecular complexity index is 950. The summed E-state index contributed by atoms with van der Waals surface area (Å²) in [5, 5.41) is 31.6. The van der Waals surface area contributed by atoms with Crippen LogP contribution in [0, 0.1) is 28.6 Å². The molecule has 4 aliphatic rings. The zero-order chi connectivity index (χ0) is 24.2. The highest BCUT2D eigenvalue weighted by Crippen LogP contribution is 2.67. The average molecular weight is 461 g/mol. The average Bonchev–Trinajstić information content (AvgIpc) is 3.02. The van der Waals surface area contributed by atoms with Crippen LogP contribution in [0.3, 0.4) is 0 Å². The lowest BCUT2D eigenvalue weighted by Gasteiger charge is -2.59. The third-order valence-corrected chi connectivity index (χ3v) is 9.02. The van der Waals surface area contributed by atoms with Crippen molar-refractivity contribution in [1.82, 2.24) is 0 Å². The topological polar surface area (TPSA) is 138 Å². The number of esters is 1. The first-order valence-electron chi connectivity index (χ1n) is 11.7. The maximum atomic E-state index is 13.1. The van der Waals surface area contributed by atoms with Crippen LogP contribution < -0.4 is 0 Å². The first-order chi connectivity index (χ1) is 15.4. The van der Waals surface area contributed by atoms with Gasteiger partial charge in [0.15, 0.2) is 12.4 Å². The Morgan fingerprint density at radius 1 is 1.18 bits per heavy atom. The third kappa shape index (κ3) is 3.67. The zero-order valence-electron chi connectivity index (χ0n) is 19.1. The van der Waals surface area contributed by atoms with Crippen molar-refractivity contribution in [2.24, 2.45) is 28.6 Å². The molecule has 3 N–H and O–H groups in total. The van der Waals surface area contributed by atoms with Crippen molar-refractivity contribution in [2.45, 2.75) is 70.5 Å². The van der Waals surface area contributed by atoms with E-state index in [2.05, 4.69) is 6.92 Å². The van der Waals surface area contributed by atoms with Gasteiger partial charge in [-0.05, 0) is 56.1 Å². The van der Waals surface area contributed by atoms with Gasteiger partial charge < -0.3 is 20.1 Å². The lowest BCUT2D eigenvalue weighted by Crippen LogP contribution is -2.61. The Morgan fingerprint density at radius 3 is 2.61 bits per heavy atom. The highest BCUT2D eigenvalue weighted by molar-refractivity contribution is 6.01. The Kier molecular flexibility index (Phi) is 5.90. The first kappa shape index (κ1) is 23.8. The second-order valence-electron chi connectivity index (χ2n) is 10.6. The molecule has 7 atom stereocenters. The third-order valence-electron chi connectivity index (χ3n) is 9.02. The van der Waals surface area contributed by atoms with E-state index in [1.807, 2.05) is 13.0 Å². The molecule has 0 heterocycles. The minimum absolute atomic E-state index is 0.00645. The lowest BCUT2D eigenvalue weighted by molar-refractivity contribution is -0.181. The van der Waals surface area contributed by atoms with Gasteiger partial charge in [-0.15, -0.1) is 0 Å². The largest absolute Gasteiger partial charge is 0.481 e. The number of ketones is 2. The molecule has 0 spiro atoms. The summed E-state index contributed by atoms with van der Waals surface area (Å²) in [4.78, 5) is 47.4. The minimum Gasteiger partial charge on any atom is -0.481 e. The highest BCUT2D eigenvalue weighted by atomic mass is 16.5. The number of aliphatic hydroxyl groups excluding tert-OH is 1. The predicted octanol–water partition coefficient (Wildman–Crippen LogP) is 1.97. The Balaban J connectivity index is 1.53. The minimum atomic E-state index is -1.73. The van der Waals surface area contributed by atoms with Crippen molar-refractivity contribution in [3.05, 3.63) is 23.8 Å². The maximum absolute atomic E-state index is 13.1. The lowest BCUT2D eigenvalue weighted by atomic mass is 9.46. The molecule has 3 saturated carbocycles. The van der Waals surface area contributed by atoms with Gasteiger partial charge in [-0.3, -0.25) is 19.2 Å². The molecular weight excluding hydrogens is 428 g/mol. The van der Waals surface area contributed by atoms with E-state index in [0.717, 1.165) is 18.4 Å². The molecule has 0 aromatic rings. The van der Waals surface area contributed by atoms with Crippen LogP contribution in [0.4, 0.5) is 0 Å². The van der Waals surface area contributed by atoms with Gasteiger partial charge in [0, 0.05) is 16.7 Å². The molecule has 0 radical (unpaired) electrons. The van der Waals surface area contributed by atoms with E-state index in [0.29, 0.717) is 6.42 Å². The fraction of sp³-hybridized carbons (Fsp3) is 0.680. The van der Waals surface area contributed by atoms with Crippen molar-refractivity contribution in [1.29, 1.82) is 0 Å². The number of ether oxygens (including phenoxy) is 1. The molecule has 180 valence electrons. The smallest absolute Gasteiger partial charge is 0.306 e. The highest BCUT2D eigenvalue weighted by Gasteiger charge is 2.68. The predicted molar refractivity (Wildman–Crippen MR) is 116 cm³/mol. The fourth-order valence-electron chi connectivity index (χ4n) is 7.34. The molecule has 0 saturated heterocycles. The summed E-state index contributed by atoms with van der Waals surface area (Å²) >= 11 is 0. The van der Waals surface area contributed by atoms with Gasteiger partial charge >= 0.3 is 11.9 Å². The second-order valence-corrected chi connectivity index (χ2v) is 10.6. The molecule has 0 amide bonds. The molecule has 0 unspecified atom stereocenters. The molecule has 4 aliphatic carbocycles. The van der Waals surface area contributed by atoms with Gasteiger partial charge in [-0.1, -0.05) is 25.5 Å². The Labute approximate surface area is 192 Å². The number of carbonyl (C=O) groups is 4. The summed E-state index contributed by atoms with van der Waals surface area (Å²) < 4.78 is 4.96. The van der Waals surface area contributed by atoms with Crippen molar-refractivity contribution >= 4 is 23.5 Å². The monoisotopic (exact) mass is 460 g/mol. The number of carboxylic acids is 1. The van der Waals surface area contributed by atoms with Crippen molar-refractivity contribution in [3.8, 4) is 0 Å². The Hall–Kier alpha value is -2.32. The van der Waals surface area contributed by atoms with Crippen LogP contribution in [-0.2, 0) is 23.9 Å². The number of carbonyl (C=O) groups excluding carboxylic acids is 3. The molecule has 0 aliphatic heterocycles. The van der Waals surface area contributed by atoms with Gasteiger partial charge in [0.1, 0.15) is 5.60 Å². The first-order valence-corrected chi connectivity index (χ1v) is 11.7. The summed E-state index contributed by atoms with van der Waals surface area (Å²) in [7, 11) is 0. The number of aliphatic carboxylic acids is 1. The summed E-state index contributed by atoms with van der Waals surface area (Å²) in [5.74, 6) is -2.58. The number of allylic oxidation sites excluding steroid dienone is 4. The van der Waals surface area contributed by atoms with Gasteiger partial charge in [-0.2, -0.15) is 0 Å². The van der Waals surface area contributed by atoms with Gasteiger partial charge in [0.25, 0.3) is 0 Å². The van der Waals surface area contributed by atoms with Gasteiger partial charge in [0.2, 0.25) is 5.78 Å². The molecule has 33 heavy (non-hydrogen) atoms. The van der Waals surface area contributed by atoms with Gasteiger partial charge in [0.05, 0.1) is 18.9 Å². The molecule has 0 bridgehead atoms. The van der Waals surface area contributed by atoms with Crippen LogP contribution in [0.5, 0.6) is 0 Å². The van der Waals surface area contributed by atoms with E-state index in [1.54, 1.807) is 12.2 Å². The van der Waals surface area contributed by atoms with E-state index in [4.69, 9.17) is 9.84 Å². The Morgan fingerprint density at radius 2 is 1.91 bits per heavy atom. The van der Waals surface area contributed by atoms with Crippen LogP contribution >= 0.6 is 0 Å². The van der Waals surface area contributed by atoms with E-state index in [9.17, 15) is 29.4 Å². The molecule has 4 rings (SSSR count). The number of hydrogen-bond donors (Lipinski definition) is 3. The zero-order valence-corrected chi connectivity index (χ0v) is 19.1. The molecule has 8 nitrogen and oxygen atoms in total. The second kappa shape index (κ2) is 8.17. The van der Waals surface area contributed by atoms with Crippen LogP contribution in [0.2, 0.25) is 0 Å². The molecule has 0 aromatic heterocycles. The molecule has 8 heteroatoms. The standard InChI is InChI=1S/C25H32O8/c1-23-9-7-15(26)11-14(23)3-4-16-17-8-10-25(32,24(17,2)12-18(27)22(16)23)19(28)13-33-21(31)6-5-20(29)30/h7,9,11,16-18,22,27,32H,3-6,8,10,12-13H2,1-2H3,(H,29,30)/t16-,17+,18+,22+,23+,24+,25+/m1/s1. The quantitative estimate of drug-likeness (QED) is 0.512. The fourth-order valence-corrected chi connectivity index (χ4v) is 7.34. The number of rotatable bonds is 6. The summed E-state index contributed by atoms with van der Waals surface area (Å²) in [5.41, 5.74) is -1.99. The van der Waals surface area contributed by atoms with Crippen molar-refractivity contribution in [2.75, 3.05) is 6.61 Å². The number of Topliss-reactive ketones (excluding diaryl/α,β-unsaturated/α-hetero) is 1. The summed E-state index contributed by atoms with van der Waals surface area (Å²) in [6.45, 7) is 3.30. The molecule has 3 fully saturated rings. The van der Waals surface area contributed by atoms with Gasteiger partial charge in [-0.25, -0.2) is 0 Å². The number of fused-ring (bicyclic) bond motifs is 5. The number of aliphatic hydroxyl groups is 2. The van der Waals surface area contributed by atoms with E-state index in [1.165, 1.54) is 0 Å². The number of carboxylic acid groups (broad SMARTS) is 1. The normalized spacial score (nSPS) is 41.5. The van der Waals surface area contributed by atoms with E-state index < -0.39 is 46.9 Å². The van der Waals surface area contributed by atoms with Crippen molar-refractivity contribution in [3.63, 3.8) is 0 Å². The van der Waals surface area contributed by atoms with Crippen LogP contribution in [0.15, 0.2) is 23.8 Å². The summed E-state index contributed by atoms with van der Waals surface area (Å²) in [6.07, 6.45) is 6.27. The summed E-state index contributed by atoms with van der Waals surface area (Å²) in [6, 6.07) is 0. The van der Waals surface area contributed by atoms with E-state index >= 15 is 0 Å².